The van der Waals surface area contributed by atoms with Crippen LogP contribution in [0, 0.1) is 11.3 Å². The van der Waals surface area contributed by atoms with Crippen molar-refractivity contribution in [1.82, 2.24) is 0 Å². The summed E-state index contributed by atoms with van der Waals surface area (Å²) in [5.41, 5.74) is 13.8. The van der Waals surface area contributed by atoms with Crippen LogP contribution in [0.1, 0.15) is 5.56 Å². The molecule has 0 heterocycles. The first-order chi connectivity index (χ1) is 8.54. The molecule has 0 atom stereocenters. The van der Waals surface area contributed by atoms with E-state index in [2.05, 4.69) is 0 Å². The molecule has 0 saturated heterocycles. The zero-order valence-corrected chi connectivity index (χ0v) is 10.8. The molecule has 90 valence electrons. The van der Waals surface area contributed by atoms with Gasteiger partial charge in [0, 0.05) is 21.2 Å². The van der Waals surface area contributed by atoms with Gasteiger partial charge in [-0.1, -0.05) is 35.3 Å². The predicted octanol–water partition coefficient (Wildman–Crippen LogP) is 3.70. The predicted molar refractivity (Wildman–Crippen MR) is 75.4 cm³/mol. The summed E-state index contributed by atoms with van der Waals surface area (Å²) in [4.78, 5) is 0. The van der Waals surface area contributed by atoms with Gasteiger partial charge in [-0.3, -0.25) is 0 Å². The number of hydrogen-bond donors (Lipinski definition) is 2. The Kier molecular flexibility index (Phi) is 3.33. The lowest BCUT2D eigenvalue weighted by Crippen LogP contribution is -1.99. The highest BCUT2D eigenvalue weighted by molar-refractivity contribution is 6.36. The maximum Gasteiger partial charge on any atom is 0.102 e. The van der Waals surface area contributed by atoms with E-state index in [0.717, 1.165) is 0 Å². The van der Waals surface area contributed by atoms with Gasteiger partial charge in [-0.25, -0.2) is 0 Å². The van der Waals surface area contributed by atoms with Crippen molar-refractivity contribution in [3.8, 4) is 17.2 Å². The molecule has 5 heteroatoms. The maximum atomic E-state index is 9.18. The van der Waals surface area contributed by atoms with Gasteiger partial charge >= 0.3 is 0 Å². The van der Waals surface area contributed by atoms with Gasteiger partial charge in [0.15, 0.2) is 0 Å². The monoisotopic (exact) mass is 277 g/mol. The summed E-state index contributed by atoms with van der Waals surface area (Å²) in [5, 5.41) is 10.2. The largest absolute Gasteiger partial charge is 0.397 e. The molecule has 0 saturated carbocycles. The van der Waals surface area contributed by atoms with Crippen molar-refractivity contribution in [3.05, 3.63) is 45.9 Å². The van der Waals surface area contributed by atoms with Gasteiger partial charge in [0.05, 0.1) is 16.9 Å². The second-order valence-electron chi connectivity index (χ2n) is 3.73. The summed E-state index contributed by atoms with van der Waals surface area (Å²) < 4.78 is 0. The highest BCUT2D eigenvalue weighted by Crippen LogP contribution is 2.36. The summed E-state index contributed by atoms with van der Waals surface area (Å²) in [6, 6.07) is 10.5. The lowest BCUT2D eigenvalue weighted by molar-refractivity contribution is 1.48. The molecule has 0 radical (unpaired) electrons. The molecule has 0 aliphatic carbocycles. The topological polar surface area (TPSA) is 75.8 Å². The third kappa shape index (κ3) is 2.08. The molecule has 0 bridgehead atoms. The Hall–Kier alpha value is -1.89. The van der Waals surface area contributed by atoms with Crippen molar-refractivity contribution >= 4 is 34.6 Å². The molecular weight excluding hydrogens is 269 g/mol. The Bertz CT molecular complexity index is 660. The standard InChI is InChI=1S/C13H9Cl2N3/c14-7-1-2-9(11(15)5-7)8-3-4-12(17)13(18)10(8)6-16/h1-5H,17-18H2. The molecule has 0 unspecified atom stereocenters. The van der Waals surface area contributed by atoms with Gasteiger partial charge < -0.3 is 11.5 Å². The summed E-state index contributed by atoms with van der Waals surface area (Å²) >= 11 is 12.0. The first kappa shape index (κ1) is 12.6. The molecule has 0 aliphatic heterocycles. The van der Waals surface area contributed by atoms with Crippen LogP contribution in [0.15, 0.2) is 30.3 Å². The van der Waals surface area contributed by atoms with E-state index in [4.69, 9.17) is 34.7 Å². The van der Waals surface area contributed by atoms with E-state index in [1.165, 1.54) is 0 Å². The Balaban J connectivity index is 2.72. The molecule has 18 heavy (non-hydrogen) atoms. The highest BCUT2D eigenvalue weighted by Gasteiger charge is 2.13. The van der Waals surface area contributed by atoms with Gasteiger partial charge in [-0.2, -0.15) is 5.26 Å². The number of rotatable bonds is 1. The van der Waals surface area contributed by atoms with Crippen LogP contribution in [-0.4, -0.2) is 0 Å². The Morgan fingerprint density at radius 1 is 1.00 bits per heavy atom. The lowest BCUT2D eigenvalue weighted by Gasteiger charge is -2.10. The number of nitrogens with two attached hydrogens (primary N) is 2. The number of nitrogens with zero attached hydrogens (tertiary/aromatic N) is 1. The van der Waals surface area contributed by atoms with Crippen LogP contribution in [0.4, 0.5) is 11.4 Å². The molecular formula is C13H9Cl2N3. The first-order valence-corrected chi connectivity index (χ1v) is 5.83. The van der Waals surface area contributed by atoms with E-state index in [0.29, 0.717) is 32.4 Å². The number of anilines is 2. The summed E-state index contributed by atoms with van der Waals surface area (Å²) in [6.45, 7) is 0. The van der Waals surface area contributed by atoms with Crippen LogP contribution >= 0.6 is 23.2 Å². The van der Waals surface area contributed by atoms with Crippen LogP contribution in [0.3, 0.4) is 0 Å². The highest BCUT2D eigenvalue weighted by atomic mass is 35.5. The van der Waals surface area contributed by atoms with Gasteiger partial charge in [0.2, 0.25) is 0 Å². The fraction of sp³-hybridized carbons (Fsp3) is 0. The fourth-order valence-electron chi connectivity index (χ4n) is 1.69. The zero-order valence-electron chi connectivity index (χ0n) is 9.24. The van der Waals surface area contributed by atoms with Crippen molar-refractivity contribution in [1.29, 1.82) is 5.26 Å². The average molecular weight is 278 g/mol. The molecule has 2 aromatic carbocycles. The summed E-state index contributed by atoms with van der Waals surface area (Å²) in [5.74, 6) is 0. The van der Waals surface area contributed by atoms with Crippen molar-refractivity contribution in [2.75, 3.05) is 11.5 Å². The van der Waals surface area contributed by atoms with Crippen molar-refractivity contribution < 1.29 is 0 Å². The van der Waals surface area contributed by atoms with Crippen LogP contribution in [0.25, 0.3) is 11.1 Å². The number of nitrogen functional groups attached to an aromatic ring is 2. The number of hydrogen-bond acceptors (Lipinski definition) is 3. The second kappa shape index (κ2) is 4.77. The normalized spacial score (nSPS) is 10.1. The molecule has 0 aliphatic rings. The van der Waals surface area contributed by atoms with Gasteiger partial charge in [0.1, 0.15) is 6.07 Å². The Morgan fingerprint density at radius 2 is 1.67 bits per heavy atom. The van der Waals surface area contributed by atoms with Gasteiger partial charge in [-0.05, 0) is 18.2 Å². The van der Waals surface area contributed by atoms with E-state index < -0.39 is 0 Å². The summed E-state index contributed by atoms with van der Waals surface area (Å²) in [6.07, 6.45) is 0. The minimum Gasteiger partial charge on any atom is -0.397 e. The first-order valence-electron chi connectivity index (χ1n) is 5.08. The van der Waals surface area contributed by atoms with Crippen LogP contribution in [0.5, 0.6) is 0 Å². The van der Waals surface area contributed by atoms with E-state index in [1.54, 1.807) is 30.3 Å². The zero-order chi connectivity index (χ0) is 13.3. The van der Waals surface area contributed by atoms with Crippen molar-refractivity contribution in [2.45, 2.75) is 0 Å². The fourth-order valence-corrected chi connectivity index (χ4v) is 2.20. The Morgan fingerprint density at radius 3 is 2.28 bits per heavy atom. The average Bonchev–Trinajstić information content (AvgIpc) is 2.33. The minimum absolute atomic E-state index is 0.265. The molecule has 0 fully saturated rings. The Labute approximate surface area is 115 Å². The van der Waals surface area contributed by atoms with Crippen LogP contribution in [-0.2, 0) is 0 Å². The smallest absolute Gasteiger partial charge is 0.102 e. The van der Waals surface area contributed by atoms with E-state index in [-0.39, 0.29) is 5.69 Å². The quantitative estimate of drug-likeness (QED) is 0.781. The molecule has 3 nitrogen and oxygen atoms in total. The molecule has 0 spiro atoms. The lowest BCUT2D eigenvalue weighted by atomic mass is 9.98. The molecule has 0 aromatic heterocycles. The minimum atomic E-state index is 0.265. The van der Waals surface area contributed by atoms with E-state index in [9.17, 15) is 5.26 Å². The third-order valence-electron chi connectivity index (χ3n) is 2.61. The third-order valence-corrected chi connectivity index (χ3v) is 3.16. The maximum absolute atomic E-state index is 9.18. The molecule has 0 amide bonds. The van der Waals surface area contributed by atoms with Crippen LogP contribution < -0.4 is 11.5 Å². The number of halogens is 2. The second-order valence-corrected chi connectivity index (χ2v) is 4.57. The molecule has 2 rings (SSSR count). The van der Waals surface area contributed by atoms with Crippen molar-refractivity contribution in [3.63, 3.8) is 0 Å². The van der Waals surface area contributed by atoms with Gasteiger partial charge in [0.25, 0.3) is 0 Å². The molecule has 4 N–H and O–H groups in total. The van der Waals surface area contributed by atoms with E-state index >= 15 is 0 Å². The number of benzene rings is 2. The number of nitriles is 1. The van der Waals surface area contributed by atoms with Gasteiger partial charge in [-0.15, -0.1) is 0 Å². The van der Waals surface area contributed by atoms with Crippen LogP contribution in [0.2, 0.25) is 10.0 Å². The van der Waals surface area contributed by atoms with E-state index in [1.807, 2.05) is 6.07 Å². The van der Waals surface area contributed by atoms with Crippen molar-refractivity contribution in [2.24, 2.45) is 0 Å². The summed E-state index contributed by atoms with van der Waals surface area (Å²) in [7, 11) is 0. The molecule has 2 aromatic rings. The SMILES string of the molecule is N#Cc1c(-c2ccc(Cl)cc2Cl)ccc(N)c1N.